The van der Waals surface area contributed by atoms with Gasteiger partial charge < -0.3 is 15.1 Å². The van der Waals surface area contributed by atoms with Gasteiger partial charge in [-0.1, -0.05) is 29.8 Å². The number of hydrogen-bond acceptors (Lipinski definition) is 5. The molecule has 2 aromatic carbocycles. The van der Waals surface area contributed by atoms with E-state index in [1.54, 1.807) is 6.07 Å². The van der Waals surface area contributed by atoms with Crippen LogP contribution in [0.4, 0.5) is 11.4 Å². The van der Waals surface area contributed by atoms with Crippen molar-refractivity contribution in [3.8, 4) is 0 Å². The molecule has 1 fully saturated rings. The Morgan fingerprint density at radius 3 is 2.70 bits per heavy atom. The molecule has 2 N–H and O–H groups in total. The van der Waals surface area contributed by atoms with E-state index in [0.717, 1.165) is 31.9 Å². The Kier molecular flexibility index (Phi) is 5.01. The topological polar surface area (TPSA) is 64.3 Å². The van der Waals surface area contributed by atoms with E-state index in [1.165, 1.54) is 11.3 Å². The summed E-state index contributed by atoms with van der Waals surface area (Å²) in [6, 6.07) is 14.0. The number of halogens is 1. The van der Waals surface area contributed by atoms with Crippen LogP contribution in [0.2, 0.25) is 5.15 Å². The summed E-state index contributed by atoms with van der Waals surface area (Å²) >= 11 is 6.14. The number of para-hydroxylation sites is 1. The Balaban J connectivity index is 1.55. The van der Waals surface area contributed by atoms with Crippen LogP contribution in [0.1, 0.15) is 5.56 Å². The van der Waals surface area contributed by atoms with Crippen LogP contribution in [0.3, 0.4) is 0 Å². The number of rotatable bonds is 4. The van der Waals surface area contributed by atoms with Crippen molar-refractivity contribution in [2.24, 2.45) is 0 Å². The molecule has 140 valence electrons. The highest BCUT2D eigenvalue weighted by atomic mass is 35.5. The third-order valence-corrected chi connectivity index (χ3v) is 5.35. The SMILES string of the molecule is CN1CCN(c2ccccc2CNc2ccc3c(=O)[nH]nc(Cl)c3c2)CC1. The van der Waals surface area contributed by atoms with Crippen molar-refractivity contribution in [2.45, 2.75) is 6.54 Å². The Hall–Kier alpha value is -2.57. The van der Waals surface area contributed by atoms with Crippen LogP contribution in [0.5, 0.6) is 0 Å². The number of likely N-dealkylation sites (N-methyl/N-ethyl adjacent to an activating group) is 1. The van der Waals surface area contributed by atoms with E-state index >= 15 is 0 Å². The largest absolute Gasteiger partial charge is 0.381 e. The van der Waals surface area contributed by atoms with Gasteiger partial charge in [-0.15, -0.1) is 0 Å². The van der Waals surface area contributed by atoms with Crippen LogP contribution in [0, 0.1) is 0 Å². The first kappa shape index (κ1) is 17.8. The fourth-order valence-corrected chi connectivity index (χ4v) is 3.66. The molecule has 0 spiro atoms. The molecule has 6 nitrogen and oxygen atoms in total. The Labute approximate surface area is 162 Å². The monoisotopic (exact) mass is 383 g/mol. The Bertz CT molecular complexity index is 1010. The van der Waals surface area contributed by atoms with Crippen LogP contribution in [-0.4, -0.2) is 48.3 Å². The molecule has 0 atom stereocenters. The highest BCUT2D eigenvalue weighted by molar-refractivity contribution is 6.34. The van der Waals surface area contributed by atoms with Gasteiger partial charge in [-0.05, 0) is 36.9 Å². The average molecular weight is 384 g/mol. The summed E-state index contributed by atoms with van der Waals surface area (Å²) < 4.78 is 0. The van der Waals surface area contributed by atoms with Gasteiger partial charge in [0.2, 0.25) is 0 Å². The van der Waals surface area contributed by atoms with E-state index in [9.17, 15) is 4.79 Å². The summed E-state index contributed by atoms with van der Waals surface area (Å²) in [7, 11) is 2.16. The van der Waals surface area contributed by atoms with Crippen LogP contribution < -0.4 is 15.8 Å². The van der Waals surface area contributed by atoms with Gasteiger partial charge in [0.25, 0.3) is 5.56 Å². The molecule has 0 saturated carbocycles. The van der Waals surface area contributed by atoms with Crippen molar-refractivity contribution in [1.82, 2.24) is 15.1 Å². The van der Waals surface area contributed by atoms with Crippen molar-refractivity contribution in [3.63, 3.8) is 0 Å². The predicted octanol–water partition coefficient (Wildman–Crippen LogP) is 2.94. The Morgan fingerprint density at radius 1 is 1.11 bits per heavy atom. The molecule has 4 rings (SSSR count). The lowest BCUT2D eigenvalue weighted by atomic mass is 10.1. The molecule has 1 aromatic heterocycles. The number of H-pyrrole nitrogens is 1. The number of benzene rings is 2. The van der Waals surface area contributed by atoms with Crippen molar-refractivity contribution >= 4 is 33.7 Å². The second-order valence-corrected chi connectivity index (χ2v) is 7.23. The standard InChI is InChI=1S/C20H22ClN5O/c1-25-8-10-26(11-9-25)18-5-3-2-4-14(18)13-22-15-6-7-16-17(12-15)19(21)23-24-20(16)27/h2-7,12,22H,8-11,13H2,1H3,(H,24,27). The van der Waals surface area contributed by atoms with E-state index in [1.807, 2.05) is 12.1 Å². The normalized spacial score (nSPS) is 15.3. The second kappa shape index (κ2) is 7.58. The zero-order valence-electron chi connectivity index (χ0n) is 15.2. The number of aromatic amines is 1. The van der Waals surface area contributed by atoms with Crippen molar-refractivity contribution < 1.29 is 0 Å². The van der Waals surface area contributed by atoms with Crippen molar-refractivity contribution in [2.75, 3.05) is 43.4 Å². The highest BCUT2D eigenvalue weighted by Crippen LogP contribution is 2.25. The number of nitrogens with zero attached hydrogens (tertiary/aromatic N) is 3. The van der Waals surface area contributed by atoms with E-state index in [4.69, 9.17) is 11.6 Å². The van der Waals surface area contributed by atoms with Crippen molar-refractivity contribution in [3.05, 3.63) is 63.5 Å². The number of anilines is 2. The molecule has 27 heavy (non-hydrogen) atoms. The molecule has 1 aliphatic rings. The maximum absolute atomic E-state index is 11.9. The molecule has 1 saturated heterocycles. The van der Waals surface area contributed by atoms with Gasteiger partial charge in [0.15, 0.2) is 5.15 Å². The maximum Gasteiger partial charge on any atom is 0.272 e. The van der Waals surface area contributed by atoms with Gasteiger partial charge in [-0.2, -0.15) is 5.10 Å². The molecular formula is C20H22ClN5O. The number of fused-ring (bicyclic) bond motifs is 1. The van der Waals surface area contributed by atoms with E-state index in [-0.39, 0.29) is 5.56 Å². The molecule has 2 heterocycles. The zero-order chi connectivity index (χ0) is 18.8. The van der Waals surface area contributed by atoms with E-state index in [0.29, 0.717) is 22.5 Å². The number of hydrogen-bond donors (Lipinski definition) is 2. The lowest BCUT2D eigenvalue weighted by Crippen LogP contribution is -2.44. The fraction of sp³-hybridized carbons (Fsp3) is 0.300. The van der Waals surface area contributed by atoms with Gasteiger partial charge in [0, 0.05) is 49.5 Å². The lowest BCUT2D eigenvalue weighted by molar-refractivity contribution is 0.312. The third-order valence-electron chi connectivity index (χ3n) is 5.06. The van der Waals surface area contributed by atoms with Gasteiger partial charge in [0.05, 0.1) is 5.39 Å². The predicted molar refractivity (Wildman–Crippen MR) is 111 cm³/mol. The molecule has 0 amide bonds. The molecule has 3 aromatic rings. The van der Waals surface area contributed by atoms with Gasteiger partial charge in [0.1, 0.15) is 0 Å². The Morgan fingerprint density at radius 2 is 1.89 bits per heavy atom. The molecule has 0 aliphatic carbocycles. The number of piperazine rings is 1. The minimum Gasteiger partial charge on any atom is -0.381 e. The van der Waals surface area contributed by atoms with Crippen LogP contribution >= 0.6 is 11.6 Å². The summed E-state index contributed by atoms with van der Waals surface area (Å²) in [4.78, 5) is 16.7. The first-order valence-electron chi connectivity index (χ1n) is 9.05. The van der Waals surface area contributed by atoms with E-state index < -0.39 is 0 Å². The molecule has 7 heteroatoms. The molecule has 0 bridgehead atoms. The first-order valence-corrected chi connectivity index (χ1v) is 9.43. The molecule has 1 aliphatic heterocycles. The smallest absolute Gasteiger partial charge is 0.272 e. The van der Waals surface area contributed by atoms with Gasteiger partial charge >= 0.3 is 0 Å². The molecule has 0 unspecified atom stereocenters. The van der Waals surface area contributed by atoms with Crippen LogP contribution in [0.25, 0.3) is 10.8 Å². The average Bonchev–Trinajstić information content (AvgIpc) is 2.70. The summed E-state index contributed by atoms with van der Waals surface area (Å²) in [5, 5.41) is 11.2. The van der Waals surface area contributed by atoms with Gasteiger partial charge in [-0.25, -0.2) is 5.10 Å². The third kappa shape index (κ3) is 3.77. The van der Waals surface area contributed by atoms with Crippen molar-refractivity contribution in [1.29, 1.82) is 0 Å². The lowest BCUT2D eigenvalue weighted by Gasteiger charge is -2.35. The summed E-state index contributed by atoms with van der Waals surface area (Å²) in [6.45, 7) is 4.92. The quantitative estimate of drug-likeness (QED) is 0.725. The van der Waals surface area contributed by atoms with Crippen LogP contribution in [0.15, 0.2) is 47.3 Å². The summed E-state index contributed by atoms with van der Waals surface area (Å²) in [5.74, 6) is 0. The number of nitrogens with one attached hydrogen (secondary N) is 2. The fourth-order valence-electron chi connectivity index (χ4n) is 3.46. The van der Waals surface area contributed by atoms with E-state index in [2.05, 4.69) is 56.6 Å². The highest BCUT2D eigenvalue weighted by Gasteiger charge is 2.16. The molecule has 0 radical (unpaired) electrons. The summed E-state index contributed by atoms with van der Waals surface area (Å²) in [6.07, 6.45) is 0. The molecular weight excluding hydrogens is 362 g/mol. The zero-order valence-corrected chi connectivity index (χ0v) is 16.0. The summed E-state index contributed by atoms with van der Waals surface area (Å²) in [5.41, 5.74) is 3.19. The minimum absolute atomic E-state index is 0.235. The second-order valence-electron chi connectivity index (χ2n) is 6.88. The minimum atomic E-state index is -0.235. The maximum atomic E-state index is 11.9. The van der Waals surface area contributed by atoms with Crippen LogP contribution in [-0.2, 0) is 6.54 Å². The number of aromatic nitrogens is 2. The first-order chi connectivity index (χ1) is 13.1. The van der Waals surface area contributed by atoms with Gasteiger partial charge in [-0.3, -0.25) is 4.79 Å².